The highest BCUT2D eigenvalue weighted by molar-refractivity contribution is 5.85. The number of hydrogen-bond donors (Lipinski definition) is 1. The Morgan fingerprint density at radius 3 is 2.85 bits per heavy atom. The van der Waals surface area contributed by atoms with E-state index in [-0.39, 0.29) is 5.69 Å². The molecule has 0 saturated heterocycles. The first kappa shape index (κ1) is 9.45. The Morgan fingerprint density at radius 1 is 1.62 bits per heavy atom. The summed E-state index contributed by atoms with van der Waals surface area (Å²) < 4.78 is 0. The van der Waals surface area contributed by atoms with Gasteiger partial charge in [-0.1, -0.05) is 25.1 Å². The summed E-state index contributed by atoms with van der Waals surface area (Å²) in [6, 6.07) is 3.24. The van der Waals surface area contributed by atoms with Crippen molar-refractivity contribution >= 4 is 12.0 Å². The fourth-order valence-corrected chi connectivity index (χ4v) is 0.884. The van der Waals surface area contributed by atoms with E-state index < -0.39 is 5.97 Å². The molecule has 0 aromatic carbocycles. The van der Waals surface area contributed by atoms with Gasteiger partial charge in [-0.2, -0.15) is 0 Å². The van der Waals surface area contributed by atoms with Crippen LogP contribution < -0.4 is 0 Å². The van der Waals surface area contributed by atoms with Crippen molar-refractivity contribution in [1.29, 1.82) is 0 Å². The number of carboxylic acids is 1. The molecule has 1 N–H and O–H groups in total. The predicted molar refractivity (Wildman–Crippen MR) is 50.5 cm³/mol. The van der Waals surface area contributed by atoms with E-state index in [1.165, 1.54) is 6.07 Å². The molecular formula is C10H11NO2. The Hall–Kier alpha value is -1.64. The van der Waals surface area contributed by atoms with Crippen LogP contribution in [0.4, 0.5) is 0 Å². The fraction of sp³-hybridized carbons (Fsp3) is 0.200. The quantitative estimate of drug-likeness (QED) is 0.770. The van der Waals surface area contributed by atoms with Crippen molar-refractivity contribution in [3.05, 3.63) is 35.7 Å². The van der Waals surface area contributed by atoms with Crippen LogP contribution in [0.3, 0.4) is 0 Å². The smallest absolute Gasteiger partial charge is 0.354 e. The lowest BCUT2D eigenvalue weighted by Gasteiger charge is -1.94. The highest BCUT2D eigenvalue weighted by Gasteiger charge is 2.01. The second-order valence-corrected chi connectivity index (χ2v) is 2.59. The number of carbonyl (C=O) groups is 1. The van der Waals surface area contributed by atoms with Gasteiger partial charge in [-0.3, -0.25) is 0 Å². The Morgan fingerprint density at radius 2 is 2.38 bits per heavy atom. The molecule has 0 atom stereocenters. The normalized spacial score (nSPS) is 10.5. The fourth-order valence-electron chi connectivity index (χ4n) is 0.884. The largest absolute Gasteiger partial charge is 0.477 e. The lowest BCUT2D eigenvalue weighted by molar-refractivity contribution is 0.0690. The number of hydrogen-bond acceptors (Lipinski definition) is 2. The van der Waals surface area contributed by atoms with Gasteiger partial charge in [0.1, 0.15) is 5.69 Å². The van der Waals surface area contributed by atoms with E-state index in [1.807, 2.05) is 19.1 Å². The predicted octanol–water partition coefficient (Wildman–Crippen LogP) is 2.20. The zero-order valence-corrected chi connectivity index (χ0v) is 7.40. The molecule has 0 bridgehead atoms. The summed E-state index contributed by atoms with van der Waals surface area (Å²) in [5.74, 6) is -0.994. The van der Waals surface area contributed by atoms with Crippen molar-refractivity contribution in [3.63, 3.8) is 0 Å². The second-order valence-electron chi connectivity index (χ2n) is 2.59. The molecule has 3 heteroatoms. The monoisotopic (exact) mass is 177 g/mol. The molecule has 13 heavy (non-hydrogen) atoms. The first-order valence-electron chi connectivity index (χ1n) is 4.10. The van der Waals surface area contributed by atoms with Crippen LogP contribution in [-0.2, 0) is 0 Å². The molecule has 0 saturated carbocycles. The van der Waals surface area contributed by atoms with Crippen LogP contribution in [0.25, 0.3) is 6.08 Å². The number of carboxylic acid groups (broad SMARTS) is 1. The SMILES string of the molecule is CCC=Cc1ccc(C(=O)O)nc1. The first-order valence-corrected chi connectivity index (χ1v) is 4.10. The minimum absolute atomic E-state index is 0.0775. The summed E-state index contributed by atoms with van der Waals surface area (Å²) in [5.41, 5.74) is 1.00. The maximum absolute atomic E-state index is 10.4. The maximum Gasteiger partial charge on any atom is 0.354 e. The molecule has 0 unspecified atom stereocenters. The average molecular weight is 177 g/mol. The van der Waals surface area contributed by atoms with Crippen molar-refractivity contribution in [1.82, 2.24) is 4.98 Å². The molecule has 0 aliphatic heterocycles. The third-order valence-corrected chi connectivity index (χ3v) is 1.55. The third kappa shape index (κ3) is 2.71. The minimum atomic E-state index is -0.994. The number of aromatic carboxylic acids is 1. The molecule has 68 valence electrons. The second kappa shape index (κ2) is 4.40. The number of pyridine rings is 1. The van der Waals surface area contributed by atoms with Gasteiger partial charge < -0.3 is 5.11 Å². The van der Waals surface area contributed by atoms with E-state index in [1.54, 1.807) is 12.3 Å². The van der Waals surface area contributed by atoms with Crippen LogP contribution in [0.2, 0.25) is 0 Å². The molecule has 1 aromatic rings. The summed E-state index contributed by atoms with van der Waals surface area (Å²) in [7, 11) is 0. The Labute approximate surface area is 76.7 Å². The molecule has 0 fully saturated rings. The van der Waals surface area contributed by atoms with Gasteiger partial charge in [-0.15, -0.1) is 0 Å². The Balaban J connectivity index is 2.81. The Bertz CT molecular complexity index is 314. The van der Waals surface area contributed by atoms with Crippen molar-refractivity contribution in [2.45, 2.75) is 13.3 Å². The number of aromatic nitrogens is 1. The standard InChI is InChI=1S/C10H11NO2/c1-2-3-4-8-5-6-9(10(12)13)11-7-8/h3-7H,2H2,1H3,(H,12,13). The van der Waals surface area contributed by atoms with E-state index in [0.717, 1.165) is 12.0 Å². The summed E-state index contributed by atoms with van der Waals surface area (Å²) in [6.07, 6.45) is 6.42. The first-order chi connectivity index (χ1) is 6.24. The van der Waals surface area contributed by atoms with Gasteiger partial charge in [0, 0.05) is 6.20 Å². The van der Waals surface area contributed by atoms with E-state index in [0.29, 0.717) is 0 Å². The molecule has 0 aliphatic rings. The number of nitrogens with zero attached hydrogens (tertiary/aromatic N) is 1. The van der Waals surface area contributed by atoms with Gasteiger partial charge in [-0.05, 0) is 18.1 Å². The van der Waals surface area contributed by atoms with E-state index in [2.05, 4.69) is 4.98 Å². The molecule has 1 aromatic heterocycles. The van der Waals surface area contributed by atoms with E-state index in [4.69, 9.17) is 5.11 Å². The zero-order valence-electron chi connectivity index (χ0n) is 7.40. The lowest BCUT2D eigenvalue weighted by atomic mass is 10.2. The topological polar surface area (TPSA) is 50.2 Å². The van der Waals surface area contributed by atoms with Crippen LogP contribution in [0.1, 0.15) is 29.4 Å². The summed E-state index contributed by atoms with van der Waals surface area (Å²) in [6.45, 7) is 2.04. The van der Waals surface area contributed by atoms with Gasteiger partial charge in [0.05, 0.1) is 0 Å². The van der Waals surface area contributed by atoms with Gasteiger partial charge in [0.25, 0.3) is 0 Å². The van der Waals surface area contributed by atoms with Gasteiger partial charge >= 0.3 is 5.97 Å². The van der Waals surface area contributed by atoms with Gasteiger partial charge in [0.15, 0.2) is 0 Å². The van der Waals surface area contributed by atoms with Gasteiger partial charge in [0.2, 0.25) is 0 Å². The Kier molecular flexibility index (Phi) is 3.20. The van der Waals surface area contributed by atoms with Crippen LogP contribution in [-0.4, -0.2) is 16.1 Å². The summed E-state index contributed by atoms with van der Waals surface area (Å²) in [5, 5.41) is 8.57. The van der Waals surface area contributed by atoms with E-state index in [9.17, 15) is 4.79 Å². The maximum atomic E-state index is 10.4. The van der Waals surface area contributed by atoms with Crippen LogP contribution in [0, 0.1) is 0 Å². The highest BCUT2D eigenvalue weighted by Crippen LogP contribution is 2.02. The summed E-state index contributed by atoms with van der Waals surface area (Å²) >= 11 is 0. The average Bonchev–Trinajstić information content (AvgIpc) is 2.15. The third-order valence-electron chi connectivity index (χ3n) is 1.55. The molecular weight excluding hydrogens is 166 g/mol. The summed E-state index contributed by atoms with van der Waals surface area (Å²) in [4.78, 5) is 14.2. The van der Waals surface area contributed by atoms with Gasteiger partial charge in [-0.25, -0.2) is 9.78 Å². The van der Waals surface area contributed by atoms with Crippen molar-refractivity contribution in [2.75, 3.05) is 0 Å². The van der Waals surface area contributed by atoms with Crippen LogP contribution in [0.15, 0.2) is 24.4 Å². The highest BCUT2D eigenvalue weighted by atomic mass is 16.4. The van der Waals surface area contributed by atoms with E-state index >= 15 is 0 Å². The molecule has 1 rings (SSSR count). The molecule has 1 heterocycles. The minimum Gasteiger partial charge on any atom is -0.477 e. The van der Waals surface area contributed by atoms with Crippen molar-refractivity contribution < 1.29 is 9.90 Å². The molecule has 0 aliphatic carbocycles. The molecule has 0 radical (unpaired) electrons. The molecule has 3 nitrogen and oxygen atoms in total. The molecule has 0 spiro atoms. The van der Waals surface area contributed by atoms with Crippen LogP contribution in [0.5, 0.6) is 0 Å². The van der Waals surface area contributed by atoms with Crippen molar-refractivity contribution in [3.8, 4) is 0 Å². The number of allylic oxidation sites excluding steroid dienone is 1. The van der Waals surface area contributed by atoms with Crippen molar-refractivity contribution in [2.24, 2.45) is 0 Å². The zero-order chi connectivity index (χ0) is 9.68. The van der Waals surface area contributed by atoms with Crippen LogP contribution >= 0.6 is 0 Å². The number of rotatable bonds is 3. The molecule has 0 amide bonds. The lowest BCUT2D eigenvalue weighted by Crippen LogP contribution is -1.98.